The van der Waals surface area contributed by atoms with E-state index in [1.54, 1.807) is 13.0 Å². The summed E-state index contributed by atoms with van der Waals surface area (Å²) in [6, 6.07) is 4.96. The van der Waals surface area contributed by atoms with Crippen molar-refractivity contribution in [1.82, 2.24) is 14.8 Å². The predicted molar refractivity (Wildman–Crippen MR) is 140 cm³/mol. The molecule has 0 bridgehead atoms. The van der Waals surface area contributed by atoms with Crippen molar-refractivity contribution >= 4 is 16.9 Å². The smallest absolute Gasteiger partial charge is 0.335 e. The number of hydrogen-bond donors (Lipinski definition) is 2. The second kappa shape index (κ2) is 11.0. The molecule has 1 unspecified atom stereocenters. The van der Waals surface area contributed by atoms with Gasteiger partial charge in [-0.3, -0.25) is 14.2 Å². The van der Waals surface area contributed by atoms with Crippen LogP contribution in [0.1, 0.15) is 59.9 Å². The number of nitrogens with one attached hydrogen (secondary N) is 1. The number of benzene rings is 2. The molecule has 5 rings (SSSR count). The van der Waals surface area contributed by atoms with Gasteiger partial charge in [0.05, 0.1) is 24.8 Å². The van der Waals surface area contributed by atoms with Crippen LogP contribution in [0.2, 0.25) is 0 Å². The van der Waals surface area contributed by atoms with E-state index in [4.69, 9.17) is 4.74 Å². The van der Waals surface area contributed by atoms with E-state index in [1.165, 1.54) is 17.0 Å². The molecule has 6 nitrogen and oxygen atoms in total. The van der Waals surface area contributed by atoms with Crippen LogP contribution in [0.5, 0.6) is 5.75 Å². The summed E-state index contributed by atoms with van der Waals surface area (Å²) in [5, 5.41) is 10.1. The van der Waals surface area contributed by atoms with E-state index in [9.17, 15) is 23.1 Å². The van der Waals surface area contributed by atoms with Gasteiger partial charge in [-0.15, -0.1) is 0 Å². The van der Waals surface area contributed by atoms with Gasteiger partial charge in [-0.2, -0.15) is 0 Å². The summed E-state index contributed by atoms with van der Waals surface area (Å²) in [7, 11) is 0. The highest BCUT2D eigenvalue weighted by Gasteiger charge is 2.42. The highest BCUT2D eigenvalue weighted by atomic mass is 19.3. The zero-order valence-corrected chi connectivity index (χ0v) is 22.3. The van der Waals surface area contributed by atoms with Crippen LogP contribution in [0.4, 0.5) is 22.0 Å². The fourth-order valence-electron chi connectivity index (χ4n) is 6.04. The molecule has 2 aliphatic rings. The first-order valence-corrected chi connectivity index (χ1v) is 13.4. The first-order valence-electron chi connectivity index (χ1n) is 13.4. The maximum absolute atomic E-state index is 15.8. The molecule has 0 spiro atoms. The molecule has 216 valence electrons. The lowest BCUT2D eigenvalue weighted by molar-refractivity contribution is -0.0374. The van der Waals surface area contributed by atoms with E-state index >= 15 is 8.78 Å². The van der Waals surface area contributed by atoms with Crippen LogP contribution in [0.3, 0.4) is 0 Å². The summed E-state index contributed by atoms with van der Waals surface area (Å²) in [5.74, 6) is -6.13. The Morgan fingerprint density at radius 1 is 1.20 bits per heavy atom. The van der Waals surface area contributed by atoms with Gasteiger partial charge in [0.15, 0.2) is 0 Å². The average Bonchev–Trinajstić information content (AvgIpc) is 3.46. The number of nitrogens with zero attached hydrogens (tertiary/aromatic N) is 2. The molecule has 3 heterocycles. The highest BCUT2D eigenvalue weighted by molar-refractivity contribution is 5.95. The molecule has 11 heteroatoms. The number of ether oxygens (including phenoxy) is 1. The lowest BCUT2D eigenvalue weighted by Crippen LogP contribution is -2.47. The van der Waals surface area contributed by atoms with Crippen LogP contribution < -0.4 is 4.74 Å². The molecule has 3 aromatic rings. The molecule has 1 aromatic heterocycles. The molecule has 0 radical (unpaired) electrons. The molecule has 40 heavy (non-hydrogen) atoms. The topological polar surface area (TPSA) is 68.8 Å². The third-order valence-corrected chi connectivity index (χ3v) is 7.78. The molecule has 0 amide bonds. The number of hydrogen-bond acceptors (Lipinski definition) is 4. The maximum Gasteiger partial charge on any atom is 0.335 e. The number of aromatic amines is 1. The normalized spacial score (nSPS) is 22.1. The van der Waals surface area contributed by atoms with Crippen molar-refractivity contribution in [2.24, 2.45) is 0 Å². The number of alkyl halides is 3. The van der Waals surface area contributed by atoms with Crippen molar-refractivity contribution in [3.05, 3.63) is 64.4 Å². The molecular formula is C29H32F5N3O3. The Bertz CT molecular complexity index is 1380. The van der Waals surface area contributed by atoms with E-state index in [0.717, 1.165) is 19.1 Å². The van der Waals surface area contributed by atoms with Crippen molar-refractivity contribution in [1.29, 1.82) is 0 Å². The fourth-order valence-corrected chi connectivity index (χ4v) is 6.04. The summed E-state index contributed by atoms with van der Waals surface area (Å²) in [5.41, 5.74) is 1.16. The summed E-state index contributed by atoms with van der Waals surface area (Å²) >= 11 is 0. The lowest BCUT2D eigenvalue weighted by Gasteiger charge is -2.42. The molecule has 0 saturated carbocycles. The van der Waals surface area contributed by atoms with Gasteiger partial charge in [0, 0.05) is 66.9 Å². The Morgan fingerprint density at radius 2 is 1.93 bits per heavy atom. The summed E-state index contributed by atoms with van der Waals surface area (Å²) in [4.78, 5) is 18.0. The SMILES string of the molecule is C[C@@H]1Cc2c([nH]c3cc(C(=O)O)ccc23)[C@@H](c2c(F)cc(OC3CCN(CCCF)C3)cc2F)N1CC(C)(F)F. The average molecular weight is 566 g/mol. The number of carboxylic acid groups (broad SMARTS) is 1. The Hall–Kier alpha value is -3.18. The van der Waals surface area contributed by atoms with Crippen LogP contribution >= 0.6 is 0 Å². The maximum atomic E-state index is 15.8. The molecule has 1 saturated heterocycles. The van der Waals surface area contributed by atoms with Gasteiger partial charge in [-0.25, -0.2) is 22.4 Å². The monoisotopic (exact) mass is 565 g/mol. The second-order valence-corrected chi connectivity index (χ2v) is 11.0. The van der Waals surface area contributed by atoms with E-state index in [1.807, 2.05) is 4.90 Å². The summed E-state index contributed by atoms with van der Waals surface area (Å²) in [6.45, 7) is 3.13. The van der Waals surface area contributed by atoms with E-state index in [2.05, 4.69) is 4.98 Å². The van der Waals surface area contributed by atoms with Crippen LogP contribution in [-0.2, 0) is 6.42 Å². The minimum Gasteiger partial charge on any atom is -0.489 e. The molecule has 2 aliphatic heterocycles. The Kier molecular flexibility index (Phi) is 7.80. The van der Waals surface area contributed by atoms with Crippen molar-refractivity contribution in [2.45, 2.75) is 57.2 Å². The van der Waals surface area contributed by atoms with Gasteiger partial charge in [-0.1, -0.05) is 6.07 Å². The number of fused-ring (bicyclic) bond motifs is 3. The minimum absolute atomic E-state index is 0.00436. The molecule has 3 atom stereocenters. The number of aromatic nitrogens is 1. The largest absolute Gasteiger partial charge is 0.489 e. The highest BCUT2D eigenvalue weighted by Crippen LogP contribution is 2.44. The fraction of sp³-hybridized carbons (Fsp3) is 0.483. The molecular weight excluding hydrogens is 533 g/mol. The van der Waals surface area contributed by atoms with Crippen molar-refractivity contribution < 1.29 is 36.6 Å². The lowest BCUT2D eigenvalue weighted by atomic mass is 9.87. The zero-order valence-electron chi connectivity index (χ0n) is 22.3. The Balaban J connectivity index is 1.53. The predicted octanol–water partition coefficient (Wildman–Crippen LogP) is 5.95. The quantitative estimate of drug-likeness (QED) is 0.314. The van der Waals surface area contributed by atoms with E-state index < -0.39 is 48.8 Å². The standard InChI is InChI=1S/C29H32F5N3O3/c1-16-10-21-20-5-4-17(28(38)39)11-24(20)35-26(21)27(37(16)15-29(2,33)34)25-22(31)12-19(13-23(25)32)40-18-6-9-36(14-18)8-3-7-30/h4-5,11-13,16,18,27,35H,3,6-10,14-15H2,1-2H3,(H,38,39)/t16-,18?,27-/m1/s1. The third-order valence-electron chi connectivity index (χ3n) is 7.78. The first kappa shape index (κ1) is 28.4. The van der Waals surface area contributed by atoms with Crippen molar-refractivity contribution in [3.8, 4) is 5.75 Å². The van der Waals surface area contributed by atoms with Gasteiger partial charge in [0.2, 0.25) is 0 Å². The molecule has 1 fully saturated rings. The van der Waals surface area contributed by atoms with Crippen LogP contribution in [0.15, 0.2) is 30.3 Å². The molecule has 2 N–H and O–H groups in total. The van der Waals surface area contributed by atoms with Crippen molar-refractivity contribution in [3.63, 3.8) is 0 Å². The van der Waals surface area contributed by atoms with Crippen LogP contribution in [-0.4, -0.2) is 76.8 Å². The number of carbonyl (C=O) groups is 1. The second-order valence-electron chi connectivity index (χ2n) is 11.0. The number of halogens is 5. The molecule has 2 aromatic carbocycles. The van der Waals surface area contributed by atoms with Crippen LogP contribution in [0, 0.1) is 11.6 Å². The number of aromatic carboxylic acids is 1. The zero-order chi connectivity index (χ0) is 28.8. The van der Waals surface area contributed by atoms with Gasteiger partial charge < -0.3 is 14.8 Å². The van der Waals surface area contributed by atoms with E-state index in [0.29, 0.717) is 61.1 Å². The summed E-state index contributed by atoms with van der Waals surface area (Å²) < 4.78 is 78.6. The van der Waals surface area contributed by atoms with Gasteiger partial charge in [0.25, 0.3) is 5.92 Å². The van der Waals surface area contributed by atoms with Gasteiger partial charge in [-0.05, 0) is 43.9 Å². The summed E-state index contributed by atoms with van der Waals surface area (Å²) in [6.07, 6.45) is 1.07. The Morgan fingerprint density at radius 3 is 2.58 bits per heavy atom. The number of carboxylic acids is 1. The van der Waals surface area contributed by atoms with Crippen molar-refractivity contribution in [2.75, 3.05) is 32.9 Å². The molecule has 0 aliphatic carbocycles. The van der Waals surface area contributed by atoms with Gasteiger partial charge in [0.1, 0.15) is 23.5 Å². The number of H-pyrrole nitrogens is 1. The number of rotatable bonds is 9. The first-order chi connectivity index (χ1) is 18.9. The Labute approximate surface area is 228 Å². The van der Waals surface area contributed by atoms with Crippen LogP contribution in [0.25, 0.3) is 10.9 Å². The van der Waals surface area contributed by atoms with Gasteiger partial charge >= 0.3 is 5.97 Å². The number of likely N-dealkylation sites (tertiary alicyclic amines) is 1. The third kappa shape index (κ3) is 5.67. The van der Waals surface area contributed by atoms with E-state index in [-0.39, 0.29) is 23.0 Å². The minimum atomic E-state index is -3.14.